The molecule has 39 heavy (non-hydrogen) atoms. The molecule has 1 fully saturated rings. The van der Waals surface area contributed by atoms with E-state index in [1.807, 2.05) is 13.8 Å². The second-order valence-corrected chi connectivity index (χ2v) is 12.7. The summed E-state index contributed by atoms with van der Waals surface area (Å²) in [5.41, 5.74) is -0.765. The third-order valence-corrected chi connectivity index (χ3v) is 7.93. The van der Waals surface area contributed by atoms with Gasteiger partial charge in [-0.25, -0.2) is 9.59 Å². The normalized spacial score (nSPS) is 19.4. The first-order chi connectivity index (χ1) is 18.2. The van der Waals surface area contributed by atoms with Crippen molar-refractivity contribution in [1.82, 2.24) is 15.5 Å². The molecule has 0 aromatic rings. The first-order valence-electron chi connectivity index (χ1n) is 13.9. The molecule has 1 aliphatic rings. The van der Waals surface area contributed by atoms with Crippen LogP contribution < -0.4 is 10.6 Å². The maximum atomic E-state index is 13.4. The topological polar surface area (TPSA) is 161 Å². The predicted octanol–water partition coefficient (Wildman–Crippen LogP) is 3.85. The zero-order valence-electron chi connectivity index (χ0n) is 24.5. The molecule has 1 rings (SSSR count). The summed E-state index contributed by atoms with van der Waals surface area (Å²) in [6, 6.07) is -1.76. The van der Waals surface area contributed by atoms with Gasteiger partial charge in [-0.3, -0.25) is 18.7 Å². The Kier molecular flexibility index (Phi) is 14.5. The van der Waals surface area contributed by atoms with Crippen LogP contribution in [0.25, 0.3) is 0 Å². The highest BCUT2D eigenvalue weighted by Gasteiger charge is 2.42. The maximum Gasteiger partial charge on any atom is 0.408 e. The highest BCUT2D eigenvalue weighted by atomic mass is 31.2. The minimum atomic E-state index is -4.57. The van der Waals surface area contributed by atoms with E-state index in [0.29, 0.717) is 45.1 Å². The SMILES string of the molecule is CCCCC(NC(=O)[C@H](CCCC)NC(=O)OC(C)(C)C)P(=O)(O)O[C@@H](C)C(=O)N1CCC[C@H]1C(=O)OCC. The standard InChI is InChI=1S/C26H48N3O9P/c1-8-11-14-19(27-25(33)37-26(5,6)7)22(30)28-21(16-12-9-2)39(34,35)38-18(4)23(31)29-17-13-15-20(29)24(32)36-10-3/h18-21H,8-17H2,1-7H3,(H,27,33)(H,28,30)(H,34,35)/t18-,19-,20-,21?/m0/s1. The second kappa shape index (κ2) is 16.2. The van der Waals surface area contributed by atoms with Crippen LogP contribution in [0.15, 0.2) is 0 Å². The van der Waals surface area contributed by atoms with Crippen LogP contribution in [0.5, 0.6) is 0 Å². The molecular formula is C26H48N3O9P. The number of likely N-dealkylation sites (tertiary alicyclic amines) is 1. The van der Waals surface area contributed by atoms with E-state index in [9.17, 15) is 28.6 Å². The van der Waals surface area contributed by atoms with E-state index in [1.165, 1.54) is 11.8 Å². The van der Waals surface area contributed by atoms with Crippen molar-refractivity contribution < 1.29 is 42.6 Å². The summed E-state index contributed by atoms with van der Waals surface area (Å²) in [7, 11) is -4.57. The number of hydrogen-bond acceptors (Lipinski definition) is 8. The molecule has 0 aliphatic carbocycles. The van der Waals surface area contributed by atoms with Crippen LogP contribution in [0.4, 0.5) is 4.79 Å². The van der Waals surface area contributed by atoms with Gasteiger partial charge in [0.1, 0.15) is 29.6 Å². The van der Waals surface area contributed by atoms with Gasteiger partial charge >= 0.3 is 19.7 Å². The molecule has 1 aliphatic heterocycles. The van der Waals surface area contributed by atoms with Gasteiger partial charge in [-0.2, -0.15) is 0 Å². The van der Waals surface area contributed by atoms with Gasteiger partial charge in [0, 0.05) is 6.54 Å². The van der Waals surface area contributed by atoms with Crippen molar-refractivity contribution in [3.8, 4) is 0 Å². The Labute approximate surface area is 232 Å². The number of amides is 3. The minimum absolute atomic E-state index is 0.124. The average molecular weight is 578 g/mol. The average Bonchev–Trinajstić information content (AvgIpc) is 3.32. The Balaban J connectivity index is 3.02. The van der Waals surface area contributed by atoms with Crippen molar-refractivity contribution in [2.24, 2.45) is 0 Å². The van der Waals surface area contributed by atoms with Crippen LogP contribution in [0.1, 0.15) is 99.8 Å². The molecule has 13 heteroatoms. The number of ether oxygens (including phenoxy) is 2. The van der Waals surface area contributed by atoms with Gasteiger partial charge in [0.2, 0.25) is 5.91 Å². The predicted molar refractivity (Wildman–Crippen MR) is 146 cm³/mol. The lowest BCUT2D eigenvalue weighted by molar-refractivity contribution is -0.155. The Morgan fingerprint density at radius 2 is 1.67 bits per heavy atom. The highest BCUT2D eigenvalue weighted by Crippen LogP contribution is 2.49. The Morgan fingerprint density at radius 3 is 2.23 bits per heavy atom. The minimum Gasteiger partial charge on any atom is -0.464 e. The summed E-state index contributed by atoms with van der Waals surface area (Å²) in [6.45, 7) is 12.4. The van der Waals surface area contributed by atoms with E-state index in [2.05, 4.69) is 10.6 Å². The lowest BCUT2D eigenvalue weighted by Crippen LogP contribution is -2.51. The second-order valence-electron chi connectivity index (χ2n) is 10.8. The molecule has 0 bridgehead atoms. The summed E-state index contributed by atoms with van der Waals surface area (Å²) in [6.07, 6.45) is 1.94. The fraction of sp³-hybridized carbons (Fsp3) is 0.846. The van der Waals surface area contributed by atoms with E-state index < -0.39 is 61.0 Å². The van der Waals surface area contributed by atoms with Gasteiger partial charge in [0.15, 0.2) is 0 Å². The van der Waals surface area contributed by atoms with Crippen molar-refractivity contribution in [2.45, 2.75) is 129 Å². The summed E-state index contributed by atoms with van der Waals surface area (Å²) in [5.74, 6) is -3.07. The van der Waals surface area contributed by atoms with E-state index in [0.717, 1.165) is 6.42 Å². The summed E-state index contributed by atoms with van der Waals surface area (Å²) >= 11 is 0. The highest BCUT2D eigenvalue weighted by molar-refractivity contribution is 7.53. The molecule has 3 amide bonds. The molecule has 0 aromatic carbocycles. The molecular weight excluding hydrogens is 529 g/mol. The lowest BCUT2D eigenvalue weighted by Gasteiger charge is -2.30. The number of esters is 1. The molecule has 2 unspecified atom stereocenters. The lowest BCUT2D eigenvalue weighted by atomic mass is 10.1. The van der Waals surface area contributed by atoms with Gasteiger partial charge < -0.3 is 29.9 Å². The van der Waals surface area contributed by atoms with Crippen molar-refractivity contribution in [3.05, 3.63) is 0 Å². The molecule has 3 N–H and O–H groups in total. The third kappa shape index (κ3) is 11.8. The maximum absolute atomic E-state index is 13.4. The molecule has 0 radical (unpaired) electrons. The van der Waals surface area contributed by atoms with Gasteiger partial charge in [-0.05, 0) is 60.3 Å². The number of carbonyl (C=O) groups is 4. The molecule has 0 saturated carbocycles. The fourth-order valence-corrected chi connectivity index (χ4v) is 5.69. The van der Waals surface area contributed by atoms with Crippen LogP contribution in [0.2, 0.25) is 0 Å². The van der Waals surface area contributed by atoms with Crippen LogP contribution in [-0.2, 0) is 32.9 Å². The first kappa shape index (κ1) is 34.9. The molecule has 0 spiro atoms. The molecule has 5 atom stereocenters. The zero-order chi connectivity index (χ0) is 29.8. The van der Waals surface area contributed by atoms with Gasteiger partial charge in [0.25, 0.3) is 5.91 Å². The van der Waals surface area contributed by atoms with Crippen molar-refractivity contribution in [2.75, 3.05) is 13.2 Å². The summed E-state index contributed by atoms with van der Waals surface area (Å²) in [5, 5.41) is 5.13. The number of alkyl carbamates (subject to hydrolysis) is 1. The van der Waals surface area contributed by atoms with E-state index >= 15 is 0 Å². The monoisotopic (exact) mass is 577 g/mol. The van der Waals surface area contributed by atoms with Gasteiger partial charge in [-0.15, -0.1) is 0 Å². The summed E-state index contributed by atoms with van der Waals surface area (Å²) < 4.78 is 29.1. The number of nitrogens with one attached hydrogen (secondary N) is 2. The number of rotatable bonds is 15. The molecule has 226 valence electrons. The van der Waals surface area contributed by atoms with Crippen LogP contribution in [0.3, 0.4) is 0 Å². The molecule has 1 heterocycles. The quantitative estimate of drug-likeness (QED) is 0.194. The van der Waals surface area contributed by atoms with E-state index in [1.54, 1.807) is 27.7 Å². The first-order valence-corrected chi connectivity index (χ1v) is 15.6. The van der Waals surface area contributed by atoms with Crippen molar-refractivity contribution in [1.29, 1.82) is 0 Å². The molecule has 0 aromatic heterocycles. The van der Waals surface area contributed by atoms with Crippen LogP contribution in [-0.4, -0.2) is 76.4 Å². The van der Waals surface area contributed by atoms with E-state index in [-0.39, 0.29) is 13.0 Å². The van der Waals surface area contributed by atoms with Gasteiger partial charge in [-0.1, -0.05) is 39.5 Å². The van der Waals surface area contributed by atoms with Crippen LogP contribution in [0, 0.1) is 0 Å². The number of unbranched alkanes of at least 4 members (excludes halogenated alkanes) is 2. The van der Waals surface area contributed by atoms with Crippen molar-refractivity contribution >= 4 is 31.5 Å². The third-order valence-electron chi connectivity index (χ3n) is 6.14. The van der Waals surface area contributed by atoms with Crippen LogP contribution >= 0.6 is 7.60 Å². The Morgan fingerprint density at radius 1 is 1.05 bits per heavy atom. The molecule has 1 saturated heterocycles. The largest absolute Gasteiger partial charge is 0.464 e. The zero-order valence-corrected chi connectivity index (χ0v) is 25.4. The summed E-state index contributed by atoms with van der Waals surface area (Å²) in [4.78, 5) is 63.1. The number of carbonyl (C=O) groups excluding carboxylic acids is 4. The fourth-order valence-electron chi connectivity index (χ4n) is 4.20. The van der Waals surface area contributed by atoms with E-state index in [4.69, 9.17) is 14.0 Å². The molecule has 12 nitrogen and oxygen atoms in total. The van der Waals surface area contributed by atoms with Crippen molar-refractivity contribution in [3.63, 3.8) is 0 Å². The number of nitrogens with zero attached hydrogens (tertiary/aromatic N) is 1. The smallest absolute Gasteiger partial charge is 0.408 e. The Bertz CT molecular complexity index is 877. The van der Waals surface area contributed by atoms with Gasteiger partial charge in [0.05, 0.1) is 6.61 Å². The Hall–Kier alpha value is -2.17. The number of hydrogen-bond donors (Lipinski definition) is 3.